The molecule has 0 spiro atoms. The average molecular weight is 369 g/mol. The minimum Gasteiger partial charge on any atom is -0.497 e. The number of rotatable bonds is 7. The number of urea groups is 1. The number of allylic oxidation sites excluding steroid dienone is 1. The summed E-state index contributed by atoms with van der Waals surface area (Å²) in [6, 6.07) is 4.04. The number of halogens is 1. The lowest BCUT2D eigenvalue weighted by Gasteiger charge is -2.29. The van der Waals surface area contributed by atoms with Crippen LogP contribution in [-0.4, -0.2) is 38.7 Å². The Morgan fingerprint density at radius 3 is 2.68 bits per heavy atom. The van der Waals surface area contributed by atoms with E-state index in [0.717, 1.165) is 0 Å². The van der Waals surface area contributed by atoms with Gasteiger partial charge in [-0.2, -0.15) is 0 Å². The molecule has 2 rings (SSSR count). The normalized spacial score (nSPS) is 16.8. The van der Waals surface area contributed by atoms with Crippen LogP contribution in [0.2, 0.25) is 0 Å². The molecule has 8 heteroatoms. The van der Waals surface area contributed by atoms with Gasteiger partial charge < -0.3 is 24.8 Å². The molecule has 25 heavy (non-hydrogen) atoms. The van der Waals surface area contributed by atoms with Crippen LogP contribution in [0.3, 0.4) is 0 Å². The Hall–Kier alpha value is -2.41. The molecule has 0 radical (unpaired) electrons. The fraction of sp³-hybridized carbons (Fsp3) is 0.412. The lowest BCUT2D eigenvalue weighted by Crippen LogP contribution is -2.45. The van der Waals surface area contributed by atoms with Crippen molar-refractivity contribution in [3.63, 3.8) is 0 Å². The van der Waals surface area contributed by atoms with Crippen LogP contribution in [0.15, 0.2) is 29.5 Å². The molecule has 136 valence electrons. The maximum Gasteiger partial charge on any atom is 0.338 e. The van der Waals surface area contributed by atoms with Gasteiger partial charge in [-0.1, -0.05) is 0 Å². The zero-order chi connectivity index (χ0) is 18.4. The SMILES string of the molecule is COc1ccc(OC)c(C2NC(=O)NC(C)=C2C(=O)OCCCCl)c1. The van der Waals surface area contributed by atoms with Gasteiger partial charge in [-0.05, 0) is 31.5 Å². The largest absolute Gasteiger partial charge is 0.497 e. The molecule has 0 saturated heterocycles. The second kappa shape index (κ2) is 8.62. The molecular formula is C17H21ClN2O5. The van der Waals surface area contributed by atoms with Crippen LogP contribution in [0.25, 0.3) is 0 Å². The van der Waals surface area contributed by atoms with Crippen LogP contribution >= 0.6 is 11.6 Å². The summed E-state index contributed by atoms with van der Waals surface area (Å²) < 4.78 is 15.9. The van der Waals surface area contributed by atoms with Crippen molar-refractivity contribution in [2.45, 2.75) is 19.4 Å². The molecule has 0 aromatic heterocycles. The van der Waals surface area contributed by atoms with E-state index < -0.39 is 18.0 Å². The standard InChI is InChI=1S/C17H21ClN2O5/c1-10-14(16(21)25-8-4-7-18)15(20-17(22)19-10)12-9-11(23-2)5-6-13(12)24-3/h5-6,9,15H,4,7-8H2,1-3H3,(H2,19,20,22). The van der Waals surface area contributed by atoms with E-state index in [1.165, 1.54) is 14.2 Å². The fourth-order valence-corrected chi connectivity index (χ4v) is 2.67. The van der Waals surface area contributed by atoms with Crippen molar-refractivity contribution in [2.75, 3.05) is 26.7 Å². The van der Waals surface area contributed by atoms with Gasteiger partial charge in [-0.15, -0.1) is 11.6 Å². The van der Waals surface area contributed by atoms with Gasteiger partial charge in [0.25, 0.3) is 0 Å². The number of nitrogens with one attached hydrogen (secondary N) is 2. The number of esters is 1. The lowest BCUT2D eigenvalue weighted by molar-refractivity contribution is -0.139. The van der Waals surface area contributed by atoms with Crippen LogP contribution in [0.4, 0.5) is 4.79 Å². The third-order valence-electron chi connectivity index (χ3n) is 3.75. The maximum absolute atomic E-state index is 12.5. The van der Waals surface area contributed by atoms with Gasteiger partial charge in [0.15, 0.2) is 0 Å². The minimum absolute atomic E-state index is 0.203. The molecule has 0 fully saturated rings. The number of methoxy groups -OCH3 is 2. The highest BCUT2D eigenvalue weighted by molar-refractivity contribution is 6.17. The Bertz CT molecular complexity index is 690. The van der Waals surface area contributed by atoms with Crippen LogP contribution in [0.1, 0.15) is 24.9 Å². The molecule has 0 aliphatic carbocycles. The average Bonchev–Trinajstić information content (AvgIpc) is 2.60. The zero-order valence-electron chi connectivity index (χ0n) is 14.3. The molecule has 1 heterocycles. The predicted molar refractivity (Wildman–Crippen MR) is 93.0 cm³/mol. The minimum atomic E-state index is -0.720. The number of hydrogen-bond donors (Lipinski definition) is 2. The van der Waals surface area contributed by atoms with E-state index in [4.69, 9.17) is 25.8 Å². The van der Waals surface area contributed by atoms with E-state index in [-0.39, 0.29) is 6.61 Å². The van der Waals surface area contributed by atoms with E-state index in [0.29, 0.717) is 40.6 Å². The summed E-state index contributed by atoms with van der Waals surface area (Å²) in [6.07, 6.45) is 0.548. The summed E-state index contributed by atoms with van der Waals surface area (Å²) in [6.45, 7) is 1.85. The summed E-state index contributed by atoms with van der Waals surface area (Å²) in [5.74, 6) is 0.973. The van der Waals surface area contributed by atoms with Gasteiger partial charge in [-0.25, -0.2) is 9.59 Å². The predicted octanol–water partition coefficient (Wildman–Crippen LogP) is 2.50. The van der Waals surface area contributed by atoms with Crippen molar-refractivity contribution in [3.05, 3.63) is 35.0 Å². The van der Waals surface area contributed by atoms with Gasteiger partial charge in [0.1, 0.15) is 11.5 Å². The number of benzene rings is 1. The molecule has 1 aromatic carbocycles. The number of carbonyl (C=O) groups excluding carboxylic acids is 2. The van der Waals surface area contributed by atoms with Crippen molar-refractivity contribution in [3.8, 4) is 11.5 Å². The lowest BCUT2D eigenvalue weighted by atomic mass is 9.94. The van der Waals surface area contributed by atoms with Gasteiger partial charge in [0, 0.05) is 17.1 Å². The third-order valence-corrected chi connectivity index (χ3v) is 4.02. The summed E-state index contributed by atoms with van der Waals surface area (Å²) in [5.41, 5.74) is 1.33. The van der Waals surface area contributed by atoms with Crippen molar-refractivity contribution in [1.29, 1.82) is 0 Å². The fourth-order valence-electron chi connectivity index (χ4n) is 2.56. The molecule has 0 bridgehead atoms. The van der Waals surface area contributed by atoms with E-state index >= 15 is 0 Å². The summed E-state index contributed by atoms with van der Waals surface area (Å²) in [4.78, 5) is 24.5. The summed E-state index contributed by atoms with van der Waals surface area (Å²) in [5, 5.41) is 5.34. The molecule has 1 unspecified atom stereocenters. The molecule has 1 aromatic rings. The molecular weight excluding hydrogens is 348 g/mol. The molecule has 0 saturated carbocycles. The second-order valence-electron chi connectivity index (χ2n) is 5.36. The van der Waals surface area contributed by atoms with E-state index in [9.17, 15) is 9.59 Å². The Balaban J connectivity index is 2.44. The highest BCUT2D eigenvalue weighted by Crippen LogP contribution is 2.35. The topological polar surface area (TPSA) is 85.9 Å². The van der Waals surface area contributed by atoms with Gasteiger partial charge in [-0.3, -0.25) is 0 Å². The molecule has 1 aliphatic heterocycles. The summed E-state index contributed by atoms with van der Waals surface area (Å²) in [7, 11) is 3.05. The summed E-state index contributed by atoms with van der Waals surface area (Å²) >= 11 is 5.61. The monoisotopic (exact) mass is 368 g/mol. The Kier molecular flexibility index (Phi) is 6.52. The van der Waals surface area contributed by atoms with E-state index in [1.54, 1.807) is 25.1 Å². The number of hydrogen-bond acceptors (Lipinski definition) is 5. The quantitative estimate of drug-likeness (QED) is 0.439. The first kappa shape index (κ1) is 18.9. The first-order valence-corrected chi connectivity index (χ1v) is 8.28. The maximum atomic E-state index is 12.5. The Morgan fingerprint density at radius 1 is 1.28 bits per heavy atom. The molecule has 7 nitrogen and oxygen atoms in total. The molecule has 1 aliphatic rings. The van der Waals surface area contributed by atoms with Crippen LogP contribution in [0.5, 0.6) is 11.5 Å². The van der Waals surface area contributed by atoms with Crippen LogP contribution < -0.4 is 20.1 Å². The van der Waals surface area contributed by atoms with Crippen molar-refractivity contribution >= 4 is 23.6 Å². The van der Waals surface area contributed by atoms with Crippen LogP contribution in [-0.2, 0) is 9.53 Å². The smallest absolute Gasteiger partial charge is 0.338 e. The highest BCUT2D eigenvalue weighted by Gasteiger charge is 2.34. The Labute approximate surface area is 151 Å². The number of ether oxygens (including phenoxy) is 3. The number of amides is 2. The molecule has 2 amide bonds. The third kappa shape index (κ3) is 4.36. The van der Waals surface area contributed by atoms with Crippen LogP contribution in [0, 0.1) is 0 Å². The van der Waals surface area contributed by atoms with Gasteiger partial charge >= 0.3 is 12.0 Å². The molecule has 2 N–H and O–H groups in total. The number of carbonyl (C=O) groups is 2. The first-order valence-electron chi connectivity index (χ1n) is 7.75. The Morgan fingerprint density at radius 2 is 2.04 bits per heavy atom. The van der Waals surface area contributed by atoms with E-state index in [2.05, 4.69) is 10.6 Å². The van der Waals surface area contributed by atoms with Crippen molar-refractivity contribution < 1.29 is 23.8 Å². The van der Waals surface area contributed by atoms with E-state index in [1.807, 2.05) is 0 Å². The first-order chi connectivity index (χ1) is 12.0. The number of alkyl halides is 1. The van der Waals surface area contributed by atoms with Gasteiger partial charge in [0.2, 0.25) is 0 Å². The molecule has 1 atom stereocenters. The zero-order valence-corrected chi connectivity index (χ0v) is 15.1. The van der Waals surface area contributed by atoms with Crippen molar-refractivity contribution in [1.82, 2.24) is 10.6 Å². The second-order valence-corrected chi connectivity index (χ2v) is 5.73. The van der Waals surface area contributed by atoms with Crippen molar-refractivity contribution in [2.24, 2.45) is 0 Å². The highest BCUT2D eigenvalue weighted by atomic mass is 35.5. The van der Waals surface area contributed by atoms with Gasteiger partial charge in [0.05, 0.1) is 32.4 Å².